The third-order valence-corrected chi connectivity index (χ3v) is 3.10. The highest BCUT2D eigenvalue weighted by molar-refractivity contribution is 5.42. The normalized spacial score (nSPS) is 11.7. The first kappa shape index (κ1) is 14.0. The van der Waals surface area contributed by atoms with Crippen molar-refractivity contribution in [3.63, 3.8) is 0 Å². The van der Waals surface area contributed by atoms with Crippen molar-refractivity contribution < 1.29 is 9.13 Å². The predicted octanol–water partition coefficient (Wildman–Crippen LogP) is 3.77. The quantitative estimate of drug-likeness (QED) is 0.919. The molecule has 1 unspecified atom stereocenters. The van der Waals surface area contributed by atoms with Gasteiger partial charge in [0.2, 0.25) is 0 Å². The Kier molecular flexibility index (Phi) is 4.34. The van der Waals surface area contributed by atoms with Crippen molar-refractivity contribution in [3.8, 4) is 17.6 Å². The number of nitriles is 1. The fraction of sp³-hybridized carbons (Fsp3) is 0.188. The van der Waals surface area contributed by atoms with Gasteiger partial charge in [0, 0.05) is 11.6 Å². The molecule has 0 spiro atoms. The van der Waals surface area contributed by atoms with Crippen LogP contribution < -0.4 is 10.1 Å². The average Bonchev–Trinajstić information content (AvgIpc) is 2.49. The van der Waals surface area contributed by atoms with Crippen LogP contribution in [-0.4, -0.2) is 7.05 Å². The fourth-order valence-electron chi connectivity index (χ4n) is 1.85. The van der Waals surface area contributed by atoms with Crippen LogP contribution in [0.25, 0.3) is 0 Å². The van der Waals surface area contributed by atoms with Crippen LogP contribution in [-0.2, 0) is 0 Å². The highest BCUT2D eigenvalue weighted by Crippen LogP contribution is 2.32. The molecule has 0 bridgehead atoms. The van der Waals surface area contributed by atoms with Gasteiger partial charge in [0.1, 0.15) is 5.75 Å². The summed E-state index contributed by atoms with van der Waals surface area (Å²) >= 11 is 0. The van der Waals surface area contributed by atoms with Crippen molar-refractivity contribution in [3.05, 3.63) is 59.4 Å². The van der Waals surface area contributed by atoms with E-state index >= 15 is 0 Å². The molecule has 1 N–H and O–H groups in total. The lowest BCUT2D eigenvalue weighted by Gasteiger charge is -2.16. The van der Waals surface area contributed by atoms with Crippen LogP contribution in [0.3, 0.4) is 0 Å². The Labute approximate surface area is 117 Å². The summed E-state index contributed by atoms with van der Waals surface area (Å²) in [6, 6.07) is 13.4. The molecule has 0 saturated heterocycles. The summed E-state index contributed by atoms with van der Waals surface area (Å²) in [5.74, 6) is 0.298. The van der Waals surface area contributed by atoms with Gasteiger partial charge in [0.25, 0.3) is 0 Å². The minimum absolute atomic E-state index is 0.0286. The molecule has 3 nitrogen and oxygen atoms in total. The second-order valence-corrected chi connectivity index (χ2v) is 4.41. The third kappa shape index (κ3) is 2.95. The second-order valence-electron chi connectivity index (χ2n) is 4.41. The average molecular weight is 270 g/mol. The van der Waals surface area contributed by atoms with Gasteiger partial charge in [-0.25, -0.2) is 4.39 Å². The first-order chi connectivity index (χ1) is 9.65. The molecular formula is C16H15FN2O. The second kappa shape index (κ2) is 6.18. The molecule has 0 aliphatic heterocycles. The molecular weight excluding hydrogens is 255 g/mol. The lowest BCUT2D eigenvalue weighted by atomic mass is 10.1. The van der Waals surface area contributed by atoms with Crippen molar-refractivity contribution >= 4 is 0 Å². The van der Waals surface area contributed by atoms with Gasteiger partial charge in [-0.3, -0.25) is 0 Å². The molecule has 0 aliphatic carbocycles. The van der Waals surface area contributed by atoms with E-state index in [1.54, 1.807) is 37.4 Å². The topological polar surface area (TPSA) is 45.0 Å². The number of halogens is 1. The SMILES string of the molecule is CNC(C)c1cccc(F)c1Oc1ccc(C#N)cc1. The number of ether oxygens (including phenoxy) is 1. The highest BCUT2D eigenvalue weighted by Gasteiger charge is 2.15. The predicted molar refractivity (Wildman–Crippen MR) is 75.1 cm³/mol. The van der Waals surface area contributed by atoms with Crippen LogP contribution in [0.2, 0.25) is 0 Å². The highest BCUT2D eigenvalue weighted by atomic mass is 19.1. The number of hydrogen-bond acceptors (Lipinski definition) is 3. The largest absolute Gasteiger partial charge is 0.454 e. The Hall–Kier alpha value is -2.38. The van der Waals surface area contributed by atoms with E-state index in [4.69, 9.17) is 10.00 Å². The molecule has 1 atom stereocenters. The van der Waals surface area contributed by atoms with E-state index in [9.17, 15) is 4.39 Å². The molecule has 0 saturated carbocycles. The van der Waals surface area contributed by atoms with E-state index in [0.717, 1.165) is 5.56 Å². The van der Waals surface area contributed by atoms with Gasteiger partial charge in [0.15, 0.2) is 11.6 Å². The first-order valence-electron chi connectivity index (χ1n) is 6.29. The van der Waals surface area contributed by atoms with Crippen molar-refractivity contribution in [2.24, 2.45) is 0 Å². The molecule has 2 rings (SSSR count). The molecule has 0 aromatic heterocycles. The smallest absolute Gasteiger partial charge is 0.167 e. The van der Waals surface area contributed by atoms with Crippen molar-refractivity contribution in [2.45, 2.75) is 13.0 Å². The van der Waals surface area contributed by atoms with Crippen LogP contribution >= 0.6 is 0 Å². The van der Waals surface area contributed by atoms with E-state index in [2.05, 4.69) is 5.32 Å². The maximum absolute atomic E-state index is 14.0. The standard InChI is InChI=1S/C16H15FN2O/c1-11(19-2)14-4-3-5-15(17)16(14)20-13-8-6-12(10-18)7-9-13/h3-9,11,19H,1-2H3. The molecule has 0 heterocycles. The van der Waals surface area contributed by atoms with Gasteiger partial charge in [-0.2, -0.15) is 5.26 Å². The van der Waals surface area contributed by atoms with E-state index in [1.807, 2.05) is 19.1 Å². The van der Waals surface area contributed by atoms with Gasteiger partial charge < -0.3 is 10.1 Å². The summed E-state index contributed by atoms with van der Waals surface area (Å²) in [6.45, 7) is 1.93. The zero-order valence-electron chi connectivity index (χ0n) is 11.4. The van der Waals surface area contributed by atoms with Gasteiger partial charge in [-0.1, -0.05) is 12.1 Å². The van der Waals surface area contributed by atoms with Crippen LogP contribution in [0.5, 0.6) is 11.5 Å². The monoisotopic (exact) mass is 270 g/mol. The zero-order chi connectivity index (χ0) is 14.5. The number of nitrogens with one attached hydrogen (secondary N) is 1. The Bertz CT molecular complexity index is 632. The van der Waals surface area contributed by atoms with Gasteiger partial charge in [0.05, 0.1) is 11.6 Å². The Morgan fingerprint density at radius 1 is 1.20 bits per heavy atom. The summed E-state index contributed by atoms with van der Waals surface area (Å²) in [5.41, 5.74) is 1.28. The number of para-hydroxylation sites is 1. The molecule has 0 aliphatic rings. The van der Waals surface area contributed by atoms with E-state index in [1.165, 1.54) is 6.07 Å². The first-order valence-corrected chi connectivity index (χ1v) is 6.29. The van der Waals surface area contributed by atoms with Gasteiger partial charge >= 0.3 is 0 Å². The third-order valence-electron chi connectivity index (χ3n) is 3.10. The molecule has 2 aromatic rings. The van der Waals surface area contributed by atoms with E-state index in [0.29, 0.717) is 11.3 Å². The Balaban J connectivity index is 2.34. The Morgan fingerprint density at radius 2 is 1.90 bits per heavy atom. The molecule has 0 amide bonds. The maximum atomic E-state index is 14.0. The number of nitrogens with zero attached hydrogens (tertiary/aromatic N) is 1. The van der Waals surface area contributed by atoms with Crippen molar-refractivity contribution in [1.29, 1.82) is 5.26 Å². The fourth-order valence-corrected chi connectivity index (χ4v) is 1.85. The zero-order valence-corrected chi connectivity index (χ0v) is 11.4. The molecule has 20 heavy (non-hydrogen) atoms. The minimum atomic E-state index is -0.408. The van der Waals surface area contributed by atoms with Gasteiger partial charge in [-0.15, -0.1) is 0 Å². The maximum Gasteiger partial charge on any atom is 0.167 e. The molecule has 2 aromatic carbocycles. The number of rotatable bonds is 4. The number of benzene rings is 2. The van der Waals surface area contributed by atoms with Crippen LogP contribution in [0, 0.1) is 17.1 Å². The summed E-state index contributed by atoms with van der Waals surface area (Å²) in [4.78, 5) is 0. The molecule has 4 heteroatoms. The lowest BCUT2D eigenvalue weighted by Crippen LogP contribution is -2.13. The van der Waals surface area contributed by atoms with Crippen molar-refractivity contribution in [2.75, 3.05) is 7.05 Å². The van der Waals surface area contributed by atoms with Gasteiger partial charge in [-0.05, 0) is 44.3 Å². The lowest BCUT2D eigenvalue weighted by molar-refractivity contribution is 0.428. The molecule has 102 valence electrons. The minimum Gasteiger partial charge on any atom is -0.454 e. The Morgan fingerprint density at radius 3 is 2.50 bits per heavy atom. The summed E-state index contributed by atoms with van der Waals surface area (Å²) in [6.07, 6.45) is 0. The summed E-state index contributed by atoms with van der Waals surface area (Å²) < 4.78 is 19.6. The van der Waals surface area contributed by atoms with Crippen LogP contribution in [0.1, 0.15) is 24.1 Å². The molecule has 0 radical (unpaired) electrons. The van der Waals surface area contributed by atoms with E-state index < -0.39 is 5.82 Å². The van der Waals surface area contributed by atoms with Crippen LogP contribution in [0.4, 0.5) is 4.39 Å². The summed E-state index contributed by atoms with van der Waals surface area (Å²) in [5, 5.41) is 11.8. The van der Waals surface area contributed by atoms with Crippen molar-refractivity contribution in [1.82, 2.24) is 5.32 Å². The summed E-state index contributed by atoms with van der Waals surface area (Å²) in [7, 11) is 1.81. The van der Waals surface area contributed by atoms with E-state index in [-0.39, 0.29) is 11.8 Å². The van der Waals surface area contributed by atoms with Crippen LogP contribution in [0.15, 0.2) is 42.5 Å². The number of hydrogen-bond donors (Lipinski definition) is 1. The molecule has 0 fully saturated rings.